The van der Waals surface area contributed by atoms with Crippen molar-refractivity contribution in [3.05, 3.63) is 23.5 Å². The van der Waals surface area contributed by atoms with Crippen molar-refractivity contribution in [3.8, 4) is 0 Å². The molecule has 1 aliphatic carbocycles. The van der Waals surface area contributed by atoms with Crippen LogP contribution in [0.2, 0.25) is 0 Å². The van der Waals surface area contributed by atoms with E-state index in [0.29, 0.717) is 17.7 Å². The molecular formula is C15H25N5. The topological polar surface area (TPSA) is 93.1 Å². The quantitative estimate of drug-likeness (QED) is 0.740. The number of nitrogen functional groups attached to an aromatic ring is 1. The Morgan fingerprint density at radius 1 is 1.45 bits per heavy atom. The van der Waals surface area contributed by atoms with Crippen LogP contribution in [0.5, 0.6) is 0 Å². The highest BCUT2D eigenvalue weighted by Crippen LogP contribution is 2.39. The van der Waals surface area contributed by atoms with Gasteiger partial charge in [0.1, 0.15) is 5.82 Å². The first kappa shape index (κ1) is 14.6. The van der Waals surface area contributed by atoms with Crippen molar-refractivity contribution in [2.75, 3.05) is 5.73 Å². The molecule has 1 saturated carbocycles. The van der Waals surface area contributed by atoms with Crippen molar-refractivity contribution in [3.63, 3.8) is 0 Å². The average Bonchev–Trinajstić information content (AvgIpc) is 2.95. The van der Waals surface area contributed by atoms with E-state index in [4.69, 9.17) is 11.5 Å². The zero-order chi connectivity index (χ0) is 14.8. The third-order valence-corrected chi connectivity index (χ3v) is 3.69. The first-order chi connectivity index (χ1) is 9.35. The van der Waals surface area contributed by atoms with Crippen LogP contribution in [0.1, 0.15) is 51.6 Å². The lowest BCUT2D eigenvalue weighted by molar-refractivity contribution is 0.586. The molecule has 110 valence electrons. The zero-order valence-electron chi connectivity index (χ0n) is 12.6. The van der Waals surface area contributed by atoms with Gasteiger partial charge in [-0.25, -0.2) is 0 Å². The normalized spacial score (nSPS) is 24.6. The van der Waals surface area contributed by atoms with Crippen LogP contribution in [-0.2, 0) is 0 Å². The maximum Gasteiger partial charge on any atom is 0.145 e. The fourth-order valence-electron chi connectivity index (χ4n) is 2.61. The lowest BCUT2D eigenvalue weighted by atomic mass is 9.99. The fourth-order valence-corrected chi connectivity index (χ4v) is 2.61. The van der Waals surface area contributed by atoms with E-state index >= 15 is 0 Å². The number of anilines is 1. The summed E-state index contributed by atoms with van der Waals surface area (Å²) in [4.78, 5) is 4.43. The standard InChI is InChI=1S/C15H25N5/c1-15(2,3)18-7-6-12(16)10-4-5-11(8-10)13-9-14(17)20-19-13/h6-7,9-11H,4-5,8,16H2,1-3H3,(H3,17,19,20)/b12-6-,18-7?. The van der Waals surface area contributed by atoms with E-state index in [1.807, 2.05) is 18.4 Å². The molecule has 5 heteroatoms. The van der Waals surface area contributed by atoms with Gasteiger partial charge >= 0.3 is 0 Å². The minimum absolute atomic E-state index is 0.0531. The Balaban J connectivity index is 1.95. The third-order valence-electron chi connectivity index (χ3n) is 3.69. The summed E-state index contributed by atoms with van der Waals surface area (Å²) in [5.41, 5.74) is 13.8. The number of hydrogen-bond donors (Lipinski definition) is 3. The van der Waals surface area contributed by atoms with Crippen molar-refractivity contribution in [2.45, 2.75) is 51.5 Å². The number of aliphatic imine (C=N–C) groups is 1. The number of allylic oxidation sites excluding steroid dienone is 2. The number of nitrogens with zero attached hydrogens (tertiary/aromatic N) is 2. The summed E-state index contributed by atoms with van der Waals surface area (Å²) in [6.45, 7) is 6.21. The molecule has 0 aromatic carbocycles. The third kappa shape index (κ3) is 3.85. The van der Waals surface area contributed by atoms with Gasteiger partial charge in [0.2, 0.25) is 0 Å². The molecule has 2 atom stereocenters. The van der Waals surface area contributed by atoms with Crippen molar-refractivity contribution >= 4 is 12.0 Å². The Kier molecular flexibility index (Phi) is 4.16. The first-order valence-corrected chi connectivity index (χ1v) is 7.17. The molecule has 0 spiro atoms. The first-order valence-electron chi connectivity index (χ1n) is 7.17. The van der Waals surface area contributed by atoms with E-state index in [-0.39, 0.29) is 5.54 Å². The fraction of sp³-hybridized carbons (Fsp3) is 0.600. The summed E-state index contributed by atoms with van der Waals surface area (Å²) in [6, 6.07) is 1.92. The summed E-state index contributed by atoms with van der Waals surface area (Å²) < 4.78 is 0. The van der Waals surface area contributed by atoms with Gasteiger partial charge in [-0.3, -0.25) is 10.1 Å². The predicted octanol–water partition coefficient (Wildman–Crippen LogP) is 2.59. The smallest absolute Gasteiger partial charge is 0.145 e. The molecule has 0 saturated heterocycles. The largest absolute Gasteiger partial charge is 0.402 e. The van der Waals surface area contributed by atoms with Gasteiger partial charge in [0, 0.05) is 29.6 Å². The zero-order valence-corrected chi connectivity index (χ0v) is 12.6. The Morgan fingerprint density at radius 3 is 2.80 bits per heavy atom. The van der Waals surface area contributed by atoms with Gasteiger partial charge in [0.15, 0.2) is 0 Å². The molecule has 0 amide bonds. The molecule has 1 heterocycles. The number of aromatic amines is 1. The van der Waals surface area contributed by atoms with E-state index in [2.05, 4.69) is 36.0 Å². The van der Waals surface area contributed by atoms with E-state index in [1.165, 1.54) is 0 Å². The summed E-state index contributed by atoms with van der Waals surface area (Å²) in [5, 5.41) is 7.00. The average molecular weight is 275 g/mol. The van der Waals surface area contributed by atoms with Gasteiger partial charge in [-0.1, -0.05) is 0 Å². The molecule has 1 aromatic heterocycles. The van der Waals surface area contributed by atoms with Crippen LogP contribution >= 0.6 is 0 Å². The molecule has 1 aromatic rings. The molecule has 2 unspecified atom stereocenters. The Morgan fingerprint density at radius 2 is 2.20 bits per heavy atom. The van der Waals surface area contributed by atoms with Gasteiger partial charge in [-0.2, -0.15) is 5.10 Å². The van der Waals surface area contributed by atoms with E-state index in [0.717, 1.165) is 30.7 Å². The second-order valence-corrected chi connectivity index (χ2v) is 6.57. The Hall–Kier alpha value is -1.78. The number of hydrogen-bond acceptors (Lipinski definition) is 4. The number of H-pyrrole nitrogens is 1. The van der Waals surface area contributed by atoms with Gasteiger partial charge in [0.05, 0.1) is 5.54 Å². The molecule has 5 nitrogen and oxygen atoms in total. The van der Waals surface area contributed by atoms with Gasteiger partial charge in [0.25, 0.3) is 0 Å². The second kappa shape index (κ2) is 5.69. The molecule has 20 heavy (non-hydrogen) atoms. The molecule has 0 radical (unpaired) electrons. The highest BCUT2D eigenvalue weighted by Gasteiger charge is 2.28. The van der Waals surface area contributed by atoms with Gasteiger partial charge < -0.3 is 11.5 Å². The molecule has 2 rings (SSSR count). The van der Waals surface area contributed by atoms with Crippen LogP contribution in [0.25, 0.3) is 0 Å². The molecule has 5 N–H and O–H groups in total. The lowest BCUT2D eigenvalue weighted by Crippen LogP contribution is -2.11. The van der Waals surface area contributed by atoms with Gasteiger partial charge in [-0.15, -0.1) is 0 Å². The van der Waals surface area contributed by atoms with E-state index in [1.54, 1.807) is 0 Å². The molecule has 1 fully saturated rings. The maximum atomic E-state index is 6.17. The second-order valence-electron chi connectivity index (χ2n) is 6.57. The summed E-state index contributed by atoms with van der Waals surface area (Å²) >= 11 is 0. The van der Waals surface area contributed by atoms with Crippen LogP contribution in [-0.4, -0.2) is 22.0 Å². The van der Waals surface area contributed by atoms with Crippen molar-refractivity contribution in [1.82, 2.24) is 10.2 Å². The van der Waals surface area contributed by atoms with Crippen molar-refractivity contribution in [2.24, 2.45) is 16.6 Å². The van der Waals surface area contributed by atoms with Crippen LogP contribution < -0.4 is 11.5 Å². The van der Waals surface area contributed by atoms with Crippen molar-refractivity contribution < 1.29 is 0 Å². The number of rotatable bonds is 3. The van der Waals surface area contributed by atoms with Crippen LogP contribution in [0.3, 0.4) is 0 Å². The predicted molar refractivity (Wildman–Crippen MR) is 83.6 cm³/mol. The summed E-state index contributed by atoms with van der Waals surface area (Å²) in [5.74, 6) is 1.47. The lowest BCUT2D eigenvalue weighted by Gasteiger charge is -2.12. The van der Waals surface area contributed by atoms with Crippen LogP contribution in [0, 0.1) is 5.92 Å². The SMILES string of the molecule is CC(C)(C)N=C/C=C(\N)C1CCC(c2cc(N)n[nH]2)C1. The van der Waals surface area contributed by atoms with Crippen LogP contribution in [0.15, 0.2) is 22.8 Å². The van der Waals surface area contributed by atoms with E-state index in [9.17, 15) is 0 Å². The highest BCUT2D eigenvalue weighted by atomic mass is 15.2. The highest BCUT2D eigenvalue weighted by molar-refractivity contribution is 5.72. The van der Waals surface area contributed by atoms with Crippen molar-refractivity contribution in [1.29, 1.82) is 0 Å². The Labute approximate surface area is 120 Å². The van der Waals surface area contributed by atoms with E-state index < -0.39 is 0 Å². The number of aromatic nitrogens is 2. The monoisotopic (exact) mass is 275 g/mol. The molecule has 0 bridgehead atoms. The summed E-state index contributed by atoms with van der Waals surface area (Å²) in [7, 11) is 0. The Bertz CT molecular complexity index is 507. The van der Waals surface area contributed by atoms with Crippen LogP contribution in [0.4, 0.5) is 5.82 Å². The molecule has 1 aliphatic rings. The number of nitrogens with one attached hydrogen (secondary N) is 1. The molecule has 0 aliphatic heterocycles. The van der Waals surface area contributed by atoms with Gasteiger partial charge in [-0.05, 0) is 52.0 Å². The minimum atomic E-state index is -0.0531. The number of nitrogens with two attached hydrogens (primary N) is 2. The molecular weight excluding hydrogens is 250 g/mol. The minimum Gasteiger partial charge on any atom is -0.402 e. The maximum absolute atomic E-state index is 6.17. The summed E-state index contributed by atoms with van der Waals surface area (Å²) in [6.07, 6.45) is 7.05.